The third kappa shape index (κ3) is 4.51. The Hall–Kier alpha value is -3.72. The van der Waals surface area contributed by atoms with Gasteiger partial charge in [0.1, 0.15) is 17.4 Å². The van der Waals surface area contributed by atoms with Crippen LogP contribution in [0.25, 0.3) is 11.8 Å². The van der Waals surface area contributed by atoms with Gasteiger partial charge in [0.05, 0.1) is 37.5 Å². The number of aromatic nitrogens is 2. The molecule has 9 heteroatoms. The molecule has 182 valence electrons. The number of fused-ring (bicyclic) bond motifs is 1. The van der Waals surface area contributed by atoms with Crippen molar-refractivity contribution < 1.29 is 23.5 Å². The van der Waals surface area contributed by atoms with Crippen molar-refractivity contribution >= 4 is 11.9 Å². The molecular formula is C26H26F2N4O3. The number of hydrogen-bond donors (Lipinski definition) is 1. The Balaban J connectivity index is 1.47. The smallest absolute Gasteiger partial charge is 0.175 e. The number of piperidine rings is 1. The number of halogens is 2. The molecule has 1 aromatic heterocycles. The van der Waals surface area contributed by atoms with E-state index in [9.17, 15) is 13.9 Å². The van der Waals surface area contributed by atoms with Crippen LogP contribution >= 0.6 is 0 Å². The van der Waals surface area contributed by atoms with Gasteiger partial charge in [0.25, 0.3) is 0 Å². The van der Waals surface area contributed by atoms with Crippen LogP contribution in [0.15, 0.2) is 59.7 Å². The number of amidine groups is 1. The summed E-state index contributed by atoms with van der Waals surface area (Å²) in [4.78, 5) is 12.0. The first-order valence-corrected chi connectivity index (χ1v) is 11.4. The van der Waals surface area contributed by atoms with E-state index in [4.69, 9.17) is 9.57 Å². The average molecular weight is 481 g/mol. The summed E-state index contributed by atoms with van der Waals surface area (Å²) in [5.41, 5.74) is 3.97. The van der Waals surface area contributed by atoms with Crippen LogP contribution in [0.4, 0.5) is 8.78 Å². The average Bonchev–Trinajstić information content (AvgIpc) is 3.28. The van der Waals surface area contributed by atoms with Gasteiger partial charge in [-0.1, -0.05) is 11.2 Å². The summed E-state index contributed by atoms with van der Waals surface area (Å²) in [5, 5.41) is 14.5. The van der Waals surface area contributed by atoms with Crippen LogP contribution in [0.2, 0.25) is 0 Å². The number of aliphatic hydroxyl groups is 1. The van der Waals surface area contributed by atoms with Gasteiger partial charge < -0.3 is 24.1 Å². The molecule has 3 heterocycles. The van der Waals surface area contributed by atoms with Gasteiger partial charge in [-0.2, -0.15) is 0 Å². The second kappa shape index (κ2) is 9.50. The van der Waals surface area contributed by atoms with E-state index >= 15 is 0 Å². The van der Waals surface area contributed by atoms with E-state index in [-0.39, 0.29) is 6.61 Å². The number of aliphatic hydroxyl groups excluding tert-OH is 1. The Morgan fingerprint density at radius 2 is 2.00 bits per heavy atom. The van der Waals surface area contributed by atoms with E-state index in [1.165, 1.54) is 12.1 Å². The quantitative estimate of drug-likeness (QED) is 0.587. The first kappa shape index (κ1) is 23.0. The van der Waals surface area contributed by atoms with E-state index < -0.39 is 23.8 Å². The summed E-state index contributed by atoms with van der Waals surface area (Å²) in [6.07, 6.45) is 6.53. The molecule has 2 atom stereocenters. The van der Waals surface area contributed by atoms with Crippen LogP contribution in [0.3, 0.4) is 0 Å². The molecular weight excluding hydrogens is 454 g/mol. The Morgan fingerprint density at radius 1 is 1.20 bits per heavy atom. The van der Waals surface area contributed by atoms with E-state index in [1.807, 2.05) is 46.9 Å². The minimum atomic E-state index is -0.786. The Labute approximate surface area is 201 Å². The monoisotopic (exact) mass is 480 g/mol. The van der Waals surface area contributed by atoms with Gasteiger partial charge >= 0.3 is 0 Å². The van der Waals surface area contributed by atoms with E-state index in [1.54, 1.807) is 13.4 Å². The molecule has 1 fully saturated rings. The number of aryl methyl sites for hydroxylation is 1. The van der Waals surface area contributed by atoms with Crippen LogP contribution in [0, 0.1) is 18.6 Å². The van der Waals surface area contributed by atoms with Crippen LogP contribution < -0.4 is 4.74 Å². The maximum atomic E-state index is 13.8. The zero-order valence-electron chi connectivity index (χ0n) is 19.5. The lowest BCUT2D eigenvalue weighted by Crippen LogP contribution is -2.52. The first-order chi connectivity index (χ1) is 17.0. The fourth-order valence-corrected chi connectivity index (χ4v) is 4.72. The van der Waals surface area contributed by atoms with Crippen molar-refractivity contribution in [3.63, 3.8) is 0 Å². The highest BCUT2D eigenvalue weighted by atomic mass is 19.1. The summed E-state index contributed by atoms with van der Waals surface area (Å²) in [7, 11) is 1.63. The predicted octanol–water partition coefficient (Wildman–Crippen LogP) is 4.39. The number of hydrogen-bond acceptors (Lipinski definition) is 6. The van der Waals surface area contributed by atoms with Crippen LogP contribution in [-0.2, 0) is 4.84 Å². The van der Waals surface area contributed by atoms with Crippen molar-refractivity contribution in [1.82, 2.24) is 14.5 Å². The molecule has 2 aliphatic heterocycles. The lowest BCUT2D eigenvalue weighted by atomic mass is 9.94. The third-order valence-electron chi connectivity index (χ3n) is 6.34. The zero-order valence-corrected chi connectivity index (χ0v) is 19.5. The topological polar surface area (TPSA) is 72.1 Å². The van der Waals surface area contributed by atoms with Gasteiger partial charge in [0.15, 0.2) is 11.9 Å². The maximum absolute atomic E-state index is 13.8. The second-order valence-corrected chi connectivity index (χ2v) is 8.71. The molecule has 1 unspecified atom stereocenters. The molecule has 3 aromatic rings. The summed E-state index contributed by atoms with van der Waals surface area (Å²) in [6, 6.07) is 8.63. The fraction of sp³-hybridized carbons (Fsp3) is 0.308. The van der Waals surface area contributed by atoms with Crippen molar-refractivity contribution in [2.45, 2.75) is 31.9 Å². The Morgan fingerprint density at radius 3 is 2.69 bits per heavy atom. The van der Waals surface area contributed by atoms with Crippen molar-refractivity contribution in [2.24, 2.45) is 5.16 Å². The van der Waals surface area contributed by atoms with Gasteiger partial charge in [-0.25, -0.2) is 13.8 Å². The number of rotatable bonds is 5. The number of methoxy groups -OCH3 is 1. The molecule has 2 aliphatic rings. The van der Waals surface area contributed by atoms with Crippen molar-refractivity contribution in [2.75, 3.05) is 20.3 Å². The highest BCUT2D eigenvalue weighted by Crippen LogP contribution is 2.35. The summed E-state index contributed by atoms with van der Waals surface area (Å²) >= 11 is 0. The van der Waals surface area contributed by atoms with Crippen LogP contribution in [0.1, 0.15) is 35.8 Å². The SMILES string of the molecule is COc1cc(C=C2CCCN3C2=NOC(c2cc(F)cc(F)c2)[C@@H]3CO)ccc1-n1cnc(C)c1. The summed E-state index contributed by atoms with van der Waals surface area (Å²) in [6.45, 7) is 2.34. The molecule has 5 rings (SSSR count). The minimum absolute atomic E-state index is 0.248. The third-order valence-corrected chi connectivity index (χ3v) is 6.34. The number of benzene rings is 2. The largest absolute Gasteiger partial charge is 0.495 e. The van der Waals surface area contributed by atoms with Crippen molar-refractivity contribution in [3.8, 4) is 11.4 Å². The highest BCUT2D eigenvalue weighted by molar-refractivity contribution is 6.03. The van der Waals surface area contributed by atoms with Gasteiger partial charge in [-0.3, -0.25) is 0 Å². The highest BCUT2D eigenvalue weighted by Gasteiger charge is 2.39. The molecule has 0 amide bonds. The lowest BCUT2D eigenvalue weighted by Gasteiger charge is -2.43. The summed E-state index contributed by atoms with van der Waals surface area (Å²) in [5.74, 6) is -0.0699. The molecule has 2 aromatic carbocycles. The van der Waals surface area contributed by atoms with Gasteiger partial charge in [-0.05, 0) is 61.2 Å². The molecule has 0 aliphatic carbocycles. The van der Waals surface area contributed by atoms with E-state index in [2.05, 4.69) is 10.1 Å². The molecule has 1 N–H and O–H groups in total. The van der Waals surface area contributed by atoms with Crippen LogP contribution in [-0.4, -0.2) is 51.7 Å². The molecule has 0 spiro atoms. The van der Waals surface area contributed by atoms with Gasteiger partial charge in [-0.15, -0.1) is 0 Å². The summed E-state index contributed by atoms with van der Waals surface area (Å²) < 4.78 is 35.2. The number of imidazole rings is 1. The van der Waals surface area contributed by atoms with E-state index in [0.29, 0.717) is 23.7 Å². The van der Waals surface area contributed by atoms with Crippen molar-refractivity contribution in [1.29, 1.82) is 0 Å². The lowest BCUT2D eigenvalue weighted by molar-refractivity contribution is -0.0395. The van der Waals surface area contributed by atoms with Gasteiger partial charge in [0.2, 0.25) is 0 Å². The Bertz CT molecular complexity index is 1280. The number of nitrogens with zero attached hydrogens (tertiary/aromatic N) is 4. The standard InChI is InChI=1S/C26H26F2N4O3/c1-16-13-31(15-29-16)22-6-5-17(9-24(22)34-2)8-18-4-3-7-32-23(14-33)25(35-30-26(18)32)19-10-20(27)12-21(28)11-19/h5-6,8-13,15,23,25,33H,3-4,7,14H2,1-2H3/t23-,25?/m0/s1. The van der Waals surface area contributed by atoms with Gasteiger partial charge in [0, 0.05) is 24.4 Å². The van der Waals surface area contributed by atoms with E-state index in [0.717, 1.165) is 41.4 Å². The van der Waals surface area contributed by atoms with Crippen LogP contribution in [0.5, 0.6) is 5.75 Å². The zero-order chi connectivity index (χ0) is 24.5. The molecule has 1 saturated heterocycles. The predicted molar refractivity (Wildman–Crippen MR) is 127 cm³/mol. The fourth-order valence-electron chi connectivity index (χ4n) is 4.72. The van der Waals surface area contributed by atoms with Crippen molar-refractivity contribution in [3.05, 3.63) is 83.0 Å². The Kier molecular flexibility index (Phi) is 6.25. The maximum Gasteiger partial charge on any atom is 0.175 e. The first-order valence-electron chi connectivity index (χ1n) is 11.4. The molecule has 7 nitrogen and oxygen atoms in total. The molecule has 0 radical (unpaired) electrons. The number of oxime groups is 1. The minimum Gasteiger partial charge on any atom is -0.495 e. The molecule has 0 saturated carbocycles. The normalized spacial score (nSPS) is 20.9. The second-order valence-electron chi connectivity index (χ2n) is 8.71. The molecule has 35 heavy (non-hydrogen) atoms. The molecule has 0 bridgehead atoms. The number of ether oxygens (including phenoxy) is 1.